The van der Waals surface area contributed by atoms with Crippen LogP contribution in [0.4, 0.5) is 0 Å². The summed E-state index contributed by atoms with van der Waals surface area (Å²) >= 11 is 0. The van der Waals surface area contributed by atoms with Crippen LogP contribution in [0.2, 0.25) is 0 Å². The van der Waals surface area contributed by atoms with Crippen LogP contribution < -0.4 is 5.32 Å². The molecule has 0 radical (unpaired) electrons. The molecule has 3 unspecified atom stereocenters. The second-order valence-electron chi connectivity index (χ2n) is 5.28. The second-order valence-corrected chi connectivity index (χ2v) is 5.28. The number of fused-ring (bicyclic) bond motifs is 1. The molecule has 1 amide bonds. The Bertz CT molecular complexity index is 276. The van der Waals surface area contributed by atoms with Crippen LogP contribution >= 0.6 is 0 Å². The summed E-state index contributed by atoms with van der Waals surface area (Å²) in [5, 5.41) is 3.29. The van der Waals surface area contributed by atoms with Gasteiger partial charge in [0.25, 0.3) is 0 Å². The lowest BCUT2D eigenvalue weighted by atomic mass is 9.88. The van der Waals surface area contributed by atoms with E-state index in [-0.39, 0.29) is 6.04 Å². The van der Waals surface area contributed by atoms with Crippen LogP contribution in [0.5, 0.6) is 0 Å². The standard InChI is InChI=1S/C12H20N2O2/c15-12(11-2-1-4-13-11)14-5-3-9-7-16-8-10(9)6-14/h9-11,13H,1-8H2. The van der Waals surface area contributed by atoms with Crippen molar-refractivity contribution in [3.05, 3.63) is 0 Å². The van der Waals surface area contributed by atoms with Crippen LogP contribution in [-0.4, -0.2) is 49.7 Å². The molecule has 4 heteroatoms. The van der Waals surface area contributed by atoms with Gasteiger partial charge in [0.15, 0.2) is 0 Å². The van der Waals surface area contributed by atoms with E-state index < -0.39 is 0 Å². The third kappa shape index (κ3) is 1.84. The molecule has 0 aromatic carbocycles. The number of piperidine rings is 1. The molecule has 3 rings (SSSR count). The van der Waals surface area contributed by atoms with Gasteiger partial charge in [-0.2, -0.15) is 0 Å². The van der Waals surface area contributed by atoms with Gasteiger partial charge in [-0.25, -0.2) is 0 Å². The van der Waals surface area contributed by atoms with Gasteiger partial charge in [0.2, 0.25) is 5.91 Å². The number of carbonyl (C=O) groups is 1. The highest BCUT2D eigenvalue weighted by atomic mass is 16.5. The summed E-state index contributed by atoms with van der Waals surface area (Å²) < 4.78 is 5.49. The molecular weight excluding hydrogens is 204 g/mol. The molecule has 3 atom stereocenters. The molecule has 3 saturated heterocycles. The van der Waals surface area contributed by atoms with Crippen molar-refractivity contribution >= 4 is 5.91 Å². The van der Waals surface area contributed by atoms with E-state index in [0.29, 0.717) is 17.7 Å². The summed E-state index contributed by atoms with van der Waals surface area (Å²) in [6.45, 7) is 4.61. The summed E-state index contributed by atoms with van der Waals surface area (Å²) in [6, 6.07) is 0.0962. The fourth-order valence-corrected chi connectivity index (χ4v) is 3.18. The van der Waals surface area contributed by atoms with Crippen molar-refractivity contribution in [2.45, 2.75) is 25.3 Å². The quantitative estimate of drug-likeness (QED) is 0.693. The highest BCUT2D eigenvalue weighted by molar-refractivity contribution is 5.82. The van der Waals surface area contributed by atoms with E-state index in [1.807, 2.05) is 0 Å². The van der Waals surface area contributed by atoms with E-state index in [1.165, 1.54) is 0 Å². The van der Waals surface area contributed by atoms with E-state index >= 15 is 0 Å². The minimum Gasteiger partial charge on any atom is -0.381 e. The van der Waals surface area contributed by atoms with Crippen molar-refractivity contribution in [1.29, 1.82) is 0 Å². The van der Waals surface area contributed by atoms with Crippen molar-refractivity contribution < 1.29 is 9.53 Å². The van der Waals surface area contributed by atoms with Crippen molar-refractivity contribution in [1.82, 2.24) is 10.2 Å². The lowest BCUT2D eigenvalue weighted by molar-refractivity contribution is -0.135. The Hall–Kier alpha value is -0.610. The van der Waals surface area contributed by atoms with Crippen LogP contribution in [0.1, 0.15) is 19.3 Å². The molecule has 3 heterocycles. The Morgan fingerprint density at radius 2 is 2.12 bits per heavy atom. The van der Waals surface area contributed by atoms with Crippen LogP contribution in [-0.2, 0) is 9.53 Å². The number of amides is 1. The van der Waals surface area contributed by atoms with Crippen molar-refractivity contribution in [3.63, 3.8) is 0 Å². The number of ether oxygens (including phenoxy) is 1. The van der Waals surface area contributed by atoms with E-state index in [4.69, 9.17) is 4.74 Å². The summed E-state index contributed by atoms with van der Waals surface area (Å²) in [4.78, 5) is 14.3. The number of hydrogen-bond donors (Lipinski definition) is 1. The Balaban J connectivity index is 1.60. The molecule has 3 aliphatic heterocycles. The number of hydrogen-bond acceptors (Lipinski definition) is 3. The molecule has 0 bridgehead atoms. The fourth-order valence-electron chi connectivity index (χ4n) is 3.18. The number of nitrogens with one attached hydrogen (secondary N) is 1. The smallest absolute Gasteiger partial charge is 0.239 e. The maximum absolute atomic E-state index is 12.2. The molecule has 0 aromatic heterocycles. The Morgan fingerprint density at radius 3 is 2.94 bits per heavy atom. The van der Waals surface area contributed by atoms with E-state index in [9.17, 15) is 4.79 Å². The normalized spacial score (nSPS) is 38.8. The zero-order chi connectivity index (χ0) is 11.0. The van der Waals surface area contributed by atoms with Gasteiger partial charge >= 0.3 is 0 Å². The lowest BCUT2D eigenvalue weighted by Gasteiger charge is -2.35. The molecule has 0 spiro atoms. The molecule has 0 aliphatic carbocycles. The van der Waals surface area contributed by atoms with Gasteiger partial charge in [-0.15, -0.1) is 0 Å². The summed E-state index contributed by atoms with van der Waals surface area (Å²) in [7, 11) is 0. The highest BCUT2D eigenvalue weighted by Gasteiger charge is 2.37. The van der Waals surface area contributed by atoms with Crippen molar-refractivity contribution in [2.24, 2.45) is 11.8 Å². The van der Waals surface area contributed by atoms with Gasteiger partial charge in [-0.3, -0.25) is 4.79 Å². The zero-order valence-electron chi connectivity index (χ0n) is 9.65. The highest BCUT2D eigenvalue weighted by Crippen LogP contribution is 2.29. The monoisotopic (exact) mass is 224 g/mol. The van der Waals surface area contributed by atoms with Crippen molar-refractivity contribution in [3.8, 4) is 0 Å². The molecule has 0 aromatic rings. The first-order valence-electron chi connectivity index (χ1n) is 6.44. The first-order chi connectivity index (χ1) is 7.84. The predicted molar refractivity (Wildman–Crippen MR) is 60.0 cm³/mol. The Morgan fingerprint density at radius 1 is 1.25 bits per heavy atom. The molecule has 16 heavy (non-hydrogen) atoms. The number of rotatable bonds is 1. The molecule has 0 saturated carbocycles. The molecular formula is C12H20N2O2. The minimum atomic E-state index is 0.0962. The Labute approximate surface area is 96.3 Å². The Kier molecular flexibility index (Phi) is 2.86. The third-order valence-electron chi connectivity index (χ3n) is 4.23. The predicted octanol–water partition coefficient (Wildman–Crippen LogP) is 0.233. The van der Waals surface area contributed by atoms with Crippen LogP contribution in [0, 0.1) is 11.8 Å². The summed E-state index contributed by atoms with van der Waals surface area (Å²) in [5.41, 5.74) is 0. The number of carbonyl (C=O) groups excluding carboxylic acids is 1. The van der Waals surface area contributed by atoms with Gasteiger partial charge in [-0.05, 0) is 31.7 Å². The number of nitrogens with zero attached hydrogens (tertiary/aromatic N) is 1. The van der Waals surface area contributed by atoms with E-state index in [1.54, 1.807) is 0 Å². The third-order valence-corrected chi connectivity index (χ3v) is 4.23. The van der Waals surface area contributed by atoms with Gasteiger partial charge in [0, 0.05) is 25.6 Å². The van der Waals surface area contributed by atoms with E-state index in [2.05, 4.69) is 10.2 Å². The van der Waals surface area contributed by atoms with Crippen LogP contribution in [0.15, 0.2) is 0 Å². The van der Waals surface area contributed by atoms with Gasteiger partial charge in [-0.1, -0.05) is 0 Å². The van der Waals surface area contributed by atoms with Gasteiger partial charge in [0.05, 0.1) is 12.6 Å². The largest absolute Gasteiger partial charge is 0.381 e. The summed E-state index contributed by atoms with van der Waals surface area (Å²) in [5.74, 6) is 1.63. The summed E-state index contributed by atoms with van der Waals surface area (Å²) in [6.07, 6.45) is 3.28. The van der Waals surface area contributed by atoms with E-state index in [0.717, 1.165) is 52.1 Å². The molecule has 3 aliphatic rings. The zero-order valence-corrected chi connectivity index (χ0v) is 9.65. The fraction of sp³-hybridized carbons (Fsp3) is 0.917. The molecule has 3 fully saturated rings. The molecule has 90 valence electrons. The minimum absolute atomic E-state index is 0.0962. The van der Waals surface area contributed by atoms with Gasteiger partial charge < -0.3 is 15.0 Å². The number of likely N-dealkylation sites (tertiary alicyclic amines) is 1. The van der Waals surface area contributed by atoms with Gasteiger partial charge in [0.1, 0.15) is 0 Å². The maximum Gasteiger partial charge on any atom is 0.239 e. The lowest BCUT2D eigenvalue weighted by Crippen LogP contribution is -2.49. The SMILES string of the molecule is O=C(C1CCCN1)N1CCC2COCC2C1. The van der Waals surface area contributed by atoms with Crippen LogP contribution in [0.3, 0.4) is 0 Å². The molecule has 1 N–H and O–H groups in total. The average molecular weight is 224 g/mol. The molecule has 4 nitrogen and oxygen atoms in total. The first-order valence-corrected chi connectivity index (χ1v) is 6.44. The topological polar surface area (TPSA) is 41.6 Å². The van der Waals surface area contributed by atoms with Crippen LogP contribution in [0.25, 0.3) is 0 Å². The average Bonchev–Trinajstić information content (AvgIpc) is 2.98. The maximum atomic E-state index is 12.2. The second kappa shape index (κ2) is 4.34. The van der Waals surface area contributed by atoms with Crippen molar-refractivity contribution in [2.75, 3.05) is 32.8 Å². The first kappa shape index (κ1) is 10.5.